The van der Waals surface area contributed by atoms with Gasteiger partial charge in [0.2, 0.25) is 5.84 Å². The number of benzene rings is 2. The molecule has 56 heavy (non-hydrogen) atoms. The van der Waals surface area contributed by atoms with Crippen molar-refractivity contribution in [3.8, 4) is 11.5 Å². The second-order valence-corrected chi connectivity index (χ2v) is 17.4. The maximum absolute atomic E-state index is 11.4. The van der Waals surface area contributed by atoms with Crippen LogP contribution in [0.3, 0.4) is 0 Å². The van der Waals surface area contributed by atoms with Gasteiger partial charge in [0.25, 0.3) is 0 Å². The Bertz CT molecular complexity index is 1710. The Morgan fingerprint density at radius 2 is 1.39 bits per heavy atom. The molecule has 313 valence electrons. The first-order chi connectivity index (χ1) is 25.4. The second-order valence-electron chi connectivity index (χ2n) is 17.4. The largest absolute Gasteiger partial charge is 0.507 e. The van der Waals surface area contributed by atoms with E-state index in [1.54, 1.807) is 5.84 Å². The molecule has 1 radical (unpaired) electrons. The molecule has 0 saturated heterocycles. The van der Waals surface area contributed by atoms with Gasteiger partial charge in [-0.2, -0.15) is 0 Å². The first-order valence-corrected chi connectivity index (χ1v) is 20.0. The van der Waals surface area contributed by atoms with Crippen LogP contribution in [0.15, 0.2) is 34.3 Å². The van der Waals surface area contributed by atoms with Crippen molar-refractivity contribution in [3.05, 3.63) is 57.6 Å². The predicted molar refractivity (Wildman–Crippen MR) is 224 cm³/mol. The maximum atomic E-state index is 11.4. The number of carboxylic acid groups (broad SMARTS) is 2. The number of hydrogen-bond acceptors (Lipinski definition) is 7. The van der Waals surface area contributed by atoms with Gasteiger partial charge in [0.15, 0.2) is 0 Å². The third-order valence-corrected chi connectivity index (χ3v) is 10.8. The number of rotatable bonds is 10. The van der Waals surface area contributed by atoms with E-state index in [2.05, 4.69) is 82.2 Å². The standard InChI is InChI=1S/C41H60N4O2.C3H4O4.CH4.Co/c1-29-23-30(15-13-20-45-22-14-21-44-19-12-8-9-18-37(44)45)38(46)31(24-29)27-42-35-16-10-11-17-36(35)43-28-32-25-33(40(2,3)4)26-34(39(32)47)41(5,6)7;4-2(5)1-3(6)7;;/h23-28,35-36H,8-22H2,1-7H3,(H-,42,43,46,47);1H2,(H,4,5)(H,6,7);1H4;/p+1. The molecular formula is C45H69CoN4O6+. The van der Waals surface area contributed by atoms with E-state index in [-0.39, 0.29) is 47.1 Å². The van der Waals surface area contributed by atoms with Gasteiger partial charge in [-0.1, -0.05) is 73.9 Å². The smallest absolute Gasteiger partial charge is 0.314 e. The molecule has 3 aliphatic rings. The van der Waals surface area contributed by atoms with Gasteiger partial charge in [0.05, 0.1) is 38.3 Å². The molecule has 0 spiro atoms. The second kappa shape index (κ2) is 21.7. The number of aromatic hydroxyl groups is 2. The molecular weight excluding hydrogens is 751 g/mol. The van der Waals surface area contributed by atoms with Crippen molar-refractivity contribution in [1.29, 1.82) is 0 Å². The van der Waals surface area contributed by atoms with E-state index >= 15 is 0 Å². The van der Waals surface area contributed by atoms with Crippen molar-refractivity contribution in [2.24, 2.45) is 9.98 Å². The Kier molecular flexibility index (Phi) is 18.8. The van der Waals surface area contributed by atoms with E-state index in [9.17, 15) is 19.8 Å². The van der Waals surface area contributed by atoms with E-state index in [1.807, 2.05) is 12.4 Å². The summed E-state index contributed by atoms with van der Waals surface area (Å²) in [7, 11) is 0. The molecule has 2 aromatic rings. The van der Waals surface area contributed by atoms with E-state index in [0.29, 0.717) is 11.5 Å². The molecule has 10 nitrogen and oxygen atoms in total. The van der Waals surface area contributed by atoms with E-state index < -0.39 is 18.4 Å². The zero-order valence-electron chi connectivity index (χ0n) is 34.2. The number of carboxylic acids is 2. The number of phenols is 2. The third kappa shape index (κ3) is 14.0. The van der Waals surface area contributed by atoms with Gasteiger partial charge >= 0.3 is 11.9 Å². The summed E-state index contributed by atoms with van der Waals surface area (Å²) >= 11 is 0. The van der Waals surface area contributed by atoms with Crippen LogP contribution in [0.2, 0.25) is 0 Å². The van der Waals surface area contributed by atoms with Gasteiger partial charge in [-0.25, -0.2) is 0 Å². The average molecular weight is 821 g/mol. The van der Waals surface area contributed by atoms with Gasteiger partial charge in [0, 0.05) is 58.7 Å². The van der Waals surface area contributed by atoms with Crippen LogP contribution in [-0.4, -0.2) is 98.4 Å². The monoisotopic (exact) mass is 820 g/mol. The van der Waals surface area contributed by atoms with Gasteiger partial charge in [-0.05, 0) is 91.5 Å². The molecule has 1 saturated carbocycles. The number of amidine groups is 1. The fourth-order valence-electron chi connectivity index (χ4n) is 7.79. The van der Waals surface area contributed by atoms with Crippen molar-refractivity contribution in [3.63, 3.8) is 0 Å². The quantitative estimate of drug-likeness (QED) is 0.107. The van der Waals surface area contributed by atoms with Crippen molar-refractivity contribution < 1.29 is 51.4 Å². The van der Waals surface area contributed by atoms with Crippen molar-refractivity contribution in [2.45, 2.75) is 156 Å². The summed E-state index contributed by atoms with van der Waals surface area (Å²) in [6, 6.07) is 8.55. The number of phenolic OH excluding ortho intramolecular Hbond substituents is 2. The molecule has 2 heterocycles. The maximum Gasteiger partial charge on any atom is 0.314 e. The molecule has 1 aliphatic carbocycles. The fourth-order valence-corrected chi connectivity index (χ4v) is 7.79. The van der Waals surface area contributed by atoms with Crippen LogP contribution in [0.5, 0.6) is 11.5 Å². The summed E-state index contributed by atoms with van der Waals surface area (Å²) < 4.78 is 2.63. The SMILES string of the molecule is C.Cc1cc(C=NC2CCCCC2N=Cc2cc(C(C)(C)C)cc(C(C)(C)C)c2O)c(O)c(CCCN2CCC[N+]3=C2CCCCC3)c1.O=C(O)CC(=O)O.[Co]. The number of hydrogen-bond donors (Lipinski definition) is 4. The molecule has 2 unspecified atom stereocenters. The van der Waals surface area contributed by atoms with E-state index in [0.717, 1.165) is 79.4 Å². The number of carbonyl (C=O) groups is 2. The summed E-state index contributed by atoms with van der Waals surface area (Å²) in [6.07, 6.45) is 15.5. The molecule has 2 aliphatic heterocycles. The van der Waals surface area contributed by atoms with Crippen LogP contribution >= 0.6 is 0 Å². The Hall–Kier alpha value is -3.70. The summed E-state index contributed by atoms with van der Waals surface area (Å²) in [5.41, 5.74) is 5.71. The molecule has 0 aromatic heterocycles. The van der Waals surface area contributed by atoms with E-state index in [4.69, 9.17) is 20.2 Å². The topological polar surface area (TPSA) is 146 Å². The zero-order valence-corrected chi connectivity index (χ0v) is 35.2. The normalized spacial score (nSPS) is 19.0. The molecule has 0 bridgehead atoms. The first-order valence-electron chi connectivity index (χ1n) is 20.0. The predicted octanol–water partition coefficient (Wildman–Crippen LogP) is 8.65. The molecule has 0 amide bonds. The Labute approximate surface area is 346 Å². The van der Waals surface area contributed by atoms with Crippen molar-refractivity contribution in [1.82, 2.24) is 4.90 Å². The van der Waals surface area contributed by atoms with Crippen LogP contribution in [0.4, 0.5) is 0 Å². The van der Waals surface area contributed by atoms with Crippen molar-refractivity contribution in [2.75, 3.05) is 26.2 Å². The molecule has 2 atom stereocenters. The minimum Gasteiger partial charge on any atom is -0.507 e. The third-order valence-electron chi connectivity index (χ3n) is 10.8. The average Bonchev–Trinajstić information content (AvgIpc) is 3.34. The zero-order chi connectivity index (χ0) is 39.6. The molecule has 11 heteroatoms. The van der Waals surface area contributed by atoms with E-state index in [1.165, 1.54) is 50.8 Å². The van der Waals surface area contributed by atoms with Crippen LogP contribution < -0.4 is 0 Å². The minimum atomic E-state index is -1.31. The Morgan fingerprint density at radius 3 is 1.95 bits per heavy atom. The molecule has 2 aromatic carbocycles. The van der Waals surface area contributed by atoms with Gasteiger partial charge in [-0.3, -0.25) is 29.0 Å². The van der Waals surface area contributed by atoms with Crippen LogP contribution in [0.1, 0.15) is 153 Å². The molecule has 4 N–H and O–H groups in total. The number of aliphatic imine (C=N–C) groups is 2. The summed E-state index contributed by atoms with van der Waals surface area (Å²) in [5.74, 6) is -0.365. The first kappa shape index (κ1) is 48.4. The Morgan fingerprint density at radius 1 is 0.804 bits per heavy atom. The number of nitrogens with zero attached hydrogens (tertiary/aromatic N) is 4. The molecule has 5 rings (SSSR count). The molecule has 1 fully saturated rings. The van der Waals surface area contributed by atoms with Gasteiger partial charge in [0.1, 0.15) is 17.9 Å². The summed E-state index contributed by atoms with van der Waals surface area (Å²) in [6.45, 7) is 19.8. The summed E-state index contributed by atoms with van der Waals surface area (Å²) in [4.78, 5) is 31.6. The number of aryl methyl sites for hydroxylation is 2. The Balaban J connectivity index is 0.00000110. The van der Waals surface area contributed by atoms with Crippen LogP contribution in [-0.2, 0) is 43.6 Å². The minimum absolute atomic E-state index is 0. The fraction of sp³-hybridized carbons (Fsp3) is 0.622. The van der Waals surface area contributed by atoms with Crippen LogP contribution in [0, 0.1) is 6.92 Å². The van der Waals surface area contributed by atoms with Crippen LogP contribution in [0.25, 0.3) is 0 Å². The summed E-state index contributed by atoms with van der Waals surface area (Å²) in [5, 5.41) is 38.1. The van der Waals surface area contributed by atoms with Crippen molar-refractivity contribution >= 4 is 30.2 Å². The van der Waals surface area contributed by atoms with Gasteiger partial charge in [-0.15, -0.1) is 0 Å². The number of aliphatic carboxylic acids is 2. The van der Waals surface area contributed by atoms with Gasteiger partial charge < -0.3 is 20.4 Å².